The van der Waals surface area contributed by atoms with Crippen LogP contribution in [0.15, 0.2) is 53.4 Å². The number of nitro benzene ring substituents is 1. The molecule has 2 fully saturated rings. The molecule has 3 aromatic rings. The topological polar surface area (TPSA) is 97.9 Å². The molecule has 202 valence electrons. The number of imide groups is 1. The van der Waals surface area contributed by atoms with Crippen LogP contribution >= 0.6 is 11.8 Å². The summed E-state index contributed by atoms with van der Waals surface area (Å²) in [7, 11) is 0. The number of aryl methyl sites for hydroxylation is 1. The van der Waals surface area contributed by atoms with Crippen molar-refractivity contribution in [3.05, 3.63) is 86.3 Å². The molecule has 2 amide bonds. The normalized spacial score (nSPS) is 16.5. The van der Waals surface area contributed by atoms with Gasteiger partial charge in [-0.1, -0.05) is 0 Å². The van der Waals surface area contributed by atoms with Gasteiger partial charge in [-0.3, -0.25) is 24.6 Å². The number of anilines is 1. The summed E-state index contributed by atoms with van der Waals surface area (Å²) in [6.07, 6.45) is 3.72. The number of hydrogen-bond acceptors (Lipinski definition) is 7. The lowest BCUT2D eigenvalue weighted by Gasteiger charge is -2.19. The third-order valence-corrected chi connectivity index (χ3v) is 7.80. The number of thioether (sulfide) groups is 1. The molecule has 11 heteroatoms. The van der Waals surface area contributed by atoms with Gasteiger partial charge in [-0.25, -0.2) is 4.39 Å². The Labute approximate surface area is 229 Å². The summed E-state index contributed by atoms with van der Waals surface area (Å²) in [6.45, 7) is 5.52. The predicted molar refractivity (Wildman–Crippen MR) is 148 cm³/mol. The van der Waals surface area contributed by atoms with Gasteiger partial charge in [0.15, 0.2) is 0 Å². The molecule has 0 atom stereocenters. The Bertz CT molecular complexity index is 1480. The third kappa shape index (κ3) is 5.40. The van der Waals surface area contributed by atoms with E-state index in [1.165, 1.54) is 24.3 Å². The minimum absolute atomic E-state index is 0.0610. The average Bonchev–Trinajstić information content (AvgIpc) is 3.60. The number of halogens is 1. The Morgan fingerprint density at radius 1 is 1.08 bits per heavy atom. The Kier molecular flexibility index (Phi) is 7.42. The molecular weight excluding hydrogens is 523 g/mol. The molecule has 0 N–H and O–H groups in total. The molecule has 1 aromatic heterocycles. The van der Waals surface area contributed by atoms with Crippen LogP contribution in [0.5, 0.6) is 5.75 Å². The Morgan fingerprint density at radius 3 is 2.49 bits per heavy atom. The third-order valence-electron chi connectivity index (χ3n) is 6.89. The first-order valence-electron chi connectivity index (χ1n) is 12.6. The van der Waals surface area contributed by atoms with Gasteiger partial charge in [-0.2, -0.15) is 0 Å². The fourth-order valence-corrected chi connectivity index (χ4v) is 5.83. The van der Waals surface area contributed by atoms with Gasteiger partial charge >= 0.3 is 0 Å². The number of rotatable bonds is 8. The number of benzene rings is 2. The summed E-state index contributed by atoms with van der Waals surface area (Å²) in [5.74, 6) is -0.349. The molecule has 2 aliphatic heterocycles. The highest BCUT2D eigenvalue weighted by Gasteiger charge is 2.35. The standard InChI is InChI=1S/C28H27FN4O5S/c1-18-15-20(16-26-27(34)31(28(35)39-26)13-14-38-23-8-5-21(29)6-9-23)19(2)32(18)22-7-10-24(25(17-22)33(36)37)30-11-3-4-12-30/h5-10,15-17H,3-4,11-14H2,1-2H3/b26-16-. The van der Waals surface area contributed by atoms with Gasteiger partial charge in [0, 0.05) is 30.5 Å². The van der Waals surface area contributed by atoms with Crippen LogP contribution in [-0.2, 0) is 4.79 Å². The molecule has 0 unspecified atom stereocenters. The summed E-state index contributed by atoms with van der Waals surface area (Å²) < 4.78 is 20.5. The van der Waals surface area contributed by atoms with Gasteiger partial charge in [0.05, 0.1) is 22.1 Å². The van der Waals surface area contributed by atoms with Crippen molar-refractivity contribution in [2.24, 2.45) is 0 Å². The van der Waals surface area contributed by atoms with Crippen LogP contribution in [0, 0.1) is 29.8 Å². The number of aromatic nitrogens is 1. The van der Waals surface area contributed by atoms with Crippen molar-refractivity contribution in [2.45, 2.75) is 26.7 Å². The van der Waals surface area contributed by atoms with E-state index < -0.39 is 11.1 Å². The number of carbonyl (C=O) groups is 2. The van der Waals surface area contributed by atoms with E-state index in [-0.39, 0.29) is 34.5 Å². The van der Waals surface area contributed by atoms with Crippen LogP contribution in [-0.4, -0.2) is 51.8 Å². The highest BCUT2D eigenvalue weighted by atomic mass is 32.2. The molecular formula is C28H27FN4O5S. The monoisotopic (exact) mass is 550 g/mol. The molecule has 2 aromatic carbocycles. The number of nitro groups is 1. The van der Waals surface area contributed by atoms with Gasteiger partial charge in [-0.15, -0.1) is 0 Å². The SMILES string of the molecule is Cc1cc(/C=C2\SC(=O)N(CCOc3ccc(F)cc3)C2=O)c(C)n1-c1ccc(N2CCCC2)c([N+](=O)[O-])c1. The summed E-state index contributed by atoms with van der Waals surface area (Å²) >= 11 is 0.856. The van der Waals surface area contributed by atoms with Gasteiger partial charge in [-0.05, 0) is 92.6 Å². The van der Waals surface area contributed by atoms with E-state index in [9.17, 15) is 24.1 Å². The lowest BCUT2D eigenvalue weighted by atomic mass is 10.2. The molecule has 3 heterocycles. The molecule has 2 aliphatic rings. The summed E-state index contributed by atoms with van der Waals surface area (Å²) in [4.78, 5) is 40.5. The minimum Gasteiger partial charge on any atom is -0.492 e. The molecule has 9 nitrogen and oxygen atoms in total. The van der Waals surface area contributed by atoms with E-state index in [0.717, 1.165) is 59.5 Å². The predicted octanol–water partition coefficient (Wildman–Crippen LogP) is 5.86. The van der Waals surface area contributed by atoms with Crippen LogP contribution in [0.1, 0.15) is 29.8 Å². The van der Waals surface area contributed by atoms with Crippen molar-refractivity contribution in [1.29, 1.82) is 0 Å². The molecule has 2 saturated heterocycles. The smallest absolute Gasteiger partial charge is 0.294 e. The van der Waals surface area contributed by atoms with Gasteiger partial charge in [0.2, 0.25) is 0 Å². The summed E-state index contributed by atoms with van der Waals surface area (Å²) in [5.41, 5.74) is 3.72. The van der Waals surface area contributed by atoms with Crippen molar-refractivity contribution >= 4 is 40.4 Å². The maximum Gasteiger partial charge on any atom is 0.294 e. The highest BCUT2D eigenvalue weighted by molar-refractivity contribution is 8.18. The second kappa shape index (κ2) is 10.9. The van der Waals surface area contributed by atoms with Crippen molar-refractivity contribution in [3.8, 4) is 11.4 Å². The Hall–Kier alpha value is -4.12. The lowest BCUT2D eigenvalue weighted by molar-refractivity contribution is -0.384. The lowest BCUT2D eigenvalue weighted by Crippen LogP contribution is -2.32. The second-order valence-corrected chi connectivity index (χ2v) is 10.4. The highest BCUT2D eigenvalue weighted by Crippen LogP contribution is 2.36. The Balaban J connectivity index is 1.35. The zero-order valence-electron chi connectivity index (χ0n) is 21.6. The number of hydrogen-bond donors (Lipinski definition) is 0. The van der Waals surface area contributed by atoms with E-state index >= 15 is 0 Å². The number of amides is 2. The van der Waals surface area contributed by atoms with Crippen LogP contribution in [0.4, 0.5) is 20.6 Å². The van der Waals surface area contributed by atoms with Crippen molar-refractivity contribution < 1.29 is 23.6 Å². The first-order valence-corrected chi connectivity index (χ1v) is 13.4. The zero-order valence-corrected chi connectivity index (χ0v) is 22.4. The van der Waals surface area contributed by atoms with E-state index in [0.29, 0.717) is 17.1 Å². The molecule has 39 heavy (non-hydrogen) atoms. The molecule has 0 spiro atoms. The number of carbonyl (C=O) groups excluding carboxylic acids is 2. The molecule has 0 radical (unpaired) electrons. The van der Waals surface area contributed by atoms with Crippen molar-refractivity contribution in [3.63, 3.8) is 0 Å². The van der Waals surface area contributed by atoms with E-state index in [4.69, 9.17) is 4.74 Å². The Morgan fingerprint density at radius 2 is 1.79 bits per heavy atom. The number of nitrogens with zero attached hydrogens (tertiary/aromatic N) is 4. The zero-order chi connectivity index (χ0) is 27.7. The molecule has 5 rings (SSSR count). The molecule has 0 saturated carbocycles. The molecule has 0 aliphatic carbocycles. The summed E-state index contributed by atoms with van der Waals surface area (Å²) in [5, 5.41) is 11.5. The molecule has 0 bridgehead atoms. The van der Waals surface area contributed by atoms with E-state index in [1.807, 2.05) is 35.4 Å². The maximum atomic E-state index is 13.1. The maximum absolute atomic E-state index is 13.1. The van der Waals surface area contributed by atoms with E-state index in [2.05, 4.69) is 0 Å². The van der Waals surface area contributed by atoms with Crippen molar-refractivity contribution in [1.82, 2.24) is 9.47 Å². The van der Waals surface area contributed by atoms with Crippen molar-refractivity contribution in [2.75, 3.05) is 31.1 Å². The van der Waals surface area contributed by atoms with Crippen LogP contribution in [0.25, 0.3) is 11.8 Å². The average molecular weight is 551 g/mol. The number of ether oxygens (including phenoxy) is 1. The summed E-state index contributed by atoms with van der Waals surface area (Å²) in [6, 6.07) is 12.7. The quantitative estimate of drug-likeness (QED) is 0.197. The second-order valence-electron chi connectivity index (χ2n) is 9.42. The van der Waals surface area contributed by atoms with Gasteiger partial charge in [0.1, 0.15) is 23.9 Å². The minimum atomic E-state index is -0.414. The van der Waals surface area contributed by atoms with E-state index in [1.54, 1.807) is 18.2 Å². The van der Waals surface area contributed by atoms with Crippen LogP contribution in [0.2, 0.25) is 0 Å². The van der Waals surface area contributed by atoms with Crippen LogP contribution in [0.3, 0.4) is 0 Å². The van der Waals surface area contributed by atoms with Gasteiger partial charge < -0.3 is 14.2 Å². The fraction of sp³-hybridized carbons (Fsp3) is 0.286. The largest absolute Gasteiger partial charge is 0.492 e. The van der Waals surface area contributed by atoms with Gasteiger partial charge in [0.25, 0.3) is 16.8 Å². The first-order chi connectivity index (χ1) is 18.7. The fourth-order valence-electron chi connectivity index (χ4n) is 4.97. The first kappa shape index (κ1) is 26.5. The van der Waals surface area contributed by atoms with Crippen LogP contribution < -0.4 is 9.64 Å².